The van der Waals surface area contributed by atoms with Crippen molar-refractivity contribution in [3.63, 3.8) is 0 Å². The lowest BCUT2D eigenvalue weighted by Crippen LogP contribution is -2.15. The zero-order chi connectivity index (χ0) is 22.8. The zero-order valence-corrected chi connectivity index (χ0v) is 18.3. The number of aromatic nitrogens is 2. The predicted molar refractivity (Wildman–Crippen MR) is 129 cm³/mol. The number of carbonyl (C=O) groups excluding carboxylic acids is 2. The lowest BCUT2D eigenvalue weighted by atomic mass is 10.1. The molecule has 2 N–H and O–H groups in total. The van der Waals surface area contributed by atoms with Gasteiger partial charge >= 0.3 is 0 Å². The van der Waals surface area contributed by atoms with Gasteiger partial charge in [-0.3, -0.25) is 9.59 Å². The van der Waals surface area contributed by atoms with Gasteiger partial charge in [-0.15, -0.1) is 0 Å². The molecular weight excluding hydrogens is 412 g/mol. The van der Waals surface area contributed by atoms with Crippen LogP contribution in [0.5, 0.6) is 0 Å². The summed E-state index contributed by atoms with van der Waals surface area (Å²) in [5, 5.41) is 10.6. The third kappa shape index (κ3) is 4.70. The number of hydrogen-bond donors (Lipinski definition) is 2. The van der Waals surface area contributed by atoms with E-state index in [1.165, 1.54) is 0 Å². The average molecular weight is 437 g/mol. The average Bonchev–Trinajstić information content (AvgIpc) is 3.59. The normalized spacial score (nSPS) is 12.9. The molecule has 0 aliphatic heterocycles. The first-order valence-corrected chi connectivity index (χ1v) is 11.0. The molecule has 2 amide bonds. The smallest absolute Gasteiger partial charge is 0.259 e. The highest BCUT2D eigenvalue weighted by Gasteiger charge is 2.29. The summed E-state index contributed by atoms with van der Waals surface area (Å²) in [5.41, 5.74) is 5.24. The molecule has 0 atom stereocenters. The Hall–Kier alpha value is -4.19. The van der Waals surface area contributed by atoms with E-state index in [0.29, 0.717) is 22.6 Å². The van der Waals surface area contributed by atoms with Crippen LogP contribution < -0.4 is 10.6 Å². The van der Waals surface area contributed by atoms with Crippen molar-refractivity contribution in [3.8, 4) is 16.9 Å². The lowest BCUT2D eigenvalue weighted by molar-refractivity contribution is -0.117. The van der Waals surface area contributed by atoms with Crippen molar-refractivity contribution in [2.75, 3.05) is 10.6 Å². The van der Waals surface area contributed by atoms with Crippen molar-refractivity contribution < 1.29 is 9.59 Å². The van der Waals surface area contributed by atoms with Crippen molar-refractivity contribution in [2.24, 2.45) is 5.92 Å². The molecule has 4 aromatic rings. The highest BCUT2D eigenvalue weighted by Crippen LogP contribution is 2.30. The van der Waals surface area contributed by atoms with E-state index in [-0.39, 0.29) is 17.7 Å². The Morgan fingerprint density at radius 3 is 2.27 bits per heavy atom. The van der Waals surface area contributed by atoms with Crippen LogP contribution in [0.1, 0.15) is 28.8 Å². The summed E-state index contributed by atoms with van der Waals surface area (Å²) in [6, 6.07) is 24.8. The third-order valence-electron chi connectivity index (χ3n) is 5.64. The highest BCUT2D eigenvalue weighted by molar-refractivity contribution is 6.08. The number of rotatable bonds is 6. The predicted octanol–water partition coefficient (Wildman–Crippen LogP) is 5.45. The van der Waals surface area contributed by atoms with Gasteiger partial charge in [0.2, 0.25) is 5.91 Å². The molecule has 5 rings (SSSR count). The molecule has 1 saturated carbocycles. The Morgan fingerprint density at radius 1 is 0.879 bits per heavy atom. The maximum Gasteiger partial charge on any atom is 0.259 e. The fraction of sp³-hybridized carbons (Fsp3) is 0.148. The first-order valence-electron chi connectivity index (χ1n) is 11.0. The summed E-state index contributed by atoms with van der Waals surface area (Å²) in [4.78, 5) is 25.4. The molecule has 6 nitrogen and oxygen atoms in total. The number of amides is 2. The van der Waals surface area contributed by atoms with Crippen LogP contribution >= 0.6 is 0 Å². The van der Waals surface area contributed by atoms with Gasteiger partial charge in [-0.1, -0.05) is 54.1 Å². The Labute approximate surface area is 192 Å². The van der Waals surface area contributed by atoms with E-state index in [4.69, 9.17) is 5.10 Å². The van der Waals surface area contributed by atoms with E-state index in [2.05, 4.69) is 10.6 Å². The summed E-state index contributed by atoms with van der Waals surface area (Å²) >= 11 is 0. The molecule has 0 spiro atoms. The van der Waals surface area contributed by atoms with E-state index < -0.39 is 0 Å². The van der Waals surface area contributed by atoms with Gasteiger partial charge in [-0.25, -0.2) is 4.68 Å². The molecule has 3 aromatic carbocycles. The van der Waals surface area contributed by atoms with Crippen molar-refractivity contribution in [1.82, 2.24) is 9.78 Å². The minimum atomic E-state index is -0.266. The number of hydrogen-bond acceptors (Lipinski definition) is 3. The monoisotopic (exact) mass is 436 g/mol. The fourth-order valence-electron chi connectivity index (χ4n) is 3.64. The first-order chi connectivity index (χ1) is 16.1. The lowest BCUT2D eigenvalue weighted by Gasteiger charge is -2.09. The van der Waals surface area contributed by atoms with Crippen LogP contribution in [0.4, 0.5) is 11.4 Å². The minimum Gasteiger partial charge on any atom is -0.326 e. The Balaban J connectivity index is 1.44. The summed E-state index contributed by atoms with van der Waals surface area (Å²) in [5.74, 6) is -0.119. The molecule has 6 heteroatoms. The molecular formula is C27H24N4O2. The van der Waals surface area contributed by atoms with Crippen LogP contribution in [0, 0.1) is 12.8 Å². The van der Waals surface area contributed by atoms with E-state index in [1.807, 2.05) is 73.7 Å². The third-order valence-corrected chi connectivity index (χ3v) is 5.64. The maximum absolute atomic E-state index is 13.3. The fourth-order valence-corrected chi connectivity index (χ4v) is 3.64. The topological polar surface area (TPSA) is 76.0 Å². The van der Waals surface area contributed by atoms with Crippen molar-refractivity contribution in [2.45, 2.75) is 19.8 Å². The van der Waals surface area contributed by atoms with Crippen LogP contribution in [0.15, 0.2) is 85.1 Å². The SMILES string of the molecule is Cc1ccc(-n2cc(C(=O)Nc3cccc(NC(=O)C4CC4)c3)c(-c3ccccc3)n2)cc1. The molecule has 0 bridgehead atoms. The molecule has 0 saturated heterocycles. The van der Waals surface area contributed by atoms with E-state index in [9.17, 15) is 9.59 Å². The summed E-state index contributed by atoms with van der Waals surface area (Å²) in [7, 11) is 0. The van der Waals surface area contributed by atoms with Gasteiger partial charge in [-0.2, -0.15) is 5.10 Å². The summed E-state index contributed by atoms with van der Waals surface area (Å²) in [6.07, 6.45) is 3.63. The van der Waals surface area contributed by atoms with Gasteiger partial charge in [0.1, 0.15) is 5.69 Å². The van der Waals surface area contributed by atoms with Gasteiger partial charge in [0, 0.05) is 29.1 Å². The molecule has 164 valence electrons. The number of benzene rings is 3. The second kappa shape index (κ2) is 8.74. The number of anilines is 2. The Kier molecular flexibility index (Phi) is 5.48. The van der Waals surface area contributed by atoms with Gasteiger partial charge in [-0.05, 0) is 50.1 Å². The van der Waals surface area contributed by atoms with Crippen molar-refractivity contribution in [3.05, 3.63) is 96.2 Å². The second-order valence-corrected chi connectivity index (χ2v) is 8.34. The molecule has 33 heavy (non-hydrogen) atoms. The molecule has 0 radical (unpaired) electrons. The summed E-state index contributed by atoms with van der Waals surface area (Å²) in [6.45, 7) is 2.03. The quantitative estimate of drug-likeness (QED) is 0.422. The molecule has 1 heterocycles. The zero-order valence-electron chi connectivity index (χ0n) is 18.3. The standard InChI is InChI=1S/C27H24N4O2/c1-18-10-14-23(15-11-18)31-17-24(25(30-31)19-6-3-2-4-7-19)27(33)29-22-9-5-8-21(16-22)28-26(32)20-12-13-20/h2-11,14-17,20H,12-13H2,1H3,(H,28,32)(H,29,33). The largest absolute Gasteiger partial charge is 0.326 e. The van der Waals surface area contributed by atoms with Gasteiger partial charge in [0.15, 0.2) is 0 Å². The molecule has 1 aliphatic rings. The molecule has 1 aromatic heterocycles. The minimum absolute atomic E-state index is 0.0317. The Morgan fingerprint density at radius 2 is 1.58 bits per heavy atom. The van der Waals surface area contributed by atoms with Crippen molar-refractivity contribution in [1.29, 1.82) is 0 Å². The van der Waals surface area contributed by atoms with Crippen LogP contribution in [-0.4, -0.2) is 21.6 Å². The Bertz CT molecular complexity index is 1310. The highest BCUT2D eigenvalue weighted by atomic mass is 16.2. The van der Waals surface area contributed by atoms with Crippen LogP contribution in [0.2, 0.25) is 0 Å². The van der Waals surface area contributed by atoms with Crippen molar-refractivity contribution >= 4 is 23.2 Å². The first kappa shape index (κ1) is 20.7. The van der Waals surface area contributed by atoms with Crippen LogP contribution in [-0.2, 0) is 4.79 Å². The van der Waals surface area contributed by atoms with Crippen LogP contribution in [0.3, 0.4) is 0 Å². The van der Waals surface area contributed by atoms with Gasteiger partial charge in [0.25, 0.3) is 5.91 Å². The summed E-state index contributed by atoms with van der Waals surface area (Å²) < 4.78 is 1.73. The molecule has 1 fully saturated rings. The number of nitrogens with one attached hydrogen (secondary N) is 2. The van der Waals surface area contributed by atoms with E-state index in [0.717, 1.165) is 29.7 Å². The second-order valence-electron chi connectivity index (χ2n) is 8.34. The maximum atomic E-state index is 13.3. The van der Waals surface area contributed by atoms with E-state index >= 15 is 0 Å². The molecule has 0 unspecified atom stereocenters. The van der Waals surface area contributed by atoms with Crippen LogP contribution in [0.25, 0.3) is 16.9 Å². The van der Waals surface area contributed by atoms with Gasteiger partial charge < -0.3 is 10.6 Å². The van der Waals surface area contributed by atoms with Gasteiger partial charge in [0.05, 0.1) is 11.3 Å². The molecule has 1 aliphatic carbocycles. The number of aryl methyl sites for hydroxylation is 1. The number of carbonyl (C=O) groups is 2. The number of nitrogens with zero attached hydrogens (tertiary/aromatic N) is 2. The van der Waals surface area contributed by atoms with E-state index in [1.54, 1.807) is 23.0 Å².